The molecule has 2 aromatic rings. The maximum atomic E-state index is 11.6. The number of hydrogen-bond donors (Lipinski definition) is 2. The minimum Gasteiger partial charge on any atom is -0.347 e. The lowest BCUT2D eigenvalue weighted by Crippen LogP contribution is -2.28. The fourth-order valence-electron chi connectivity index (χ4n) is 1.36. The van der Waals surface area contributed by atoms with Crippen molar-refractivity contribution < 1.29 is 4.79 Å². The van der Waals surface area contributed by atoms with Crippen molar-refractivity contribution in [3.63, 3.8) is 0 Å². The summed E-state index contributed by atoms with van der Waals surface area (Å²) in [6.45, 7) is 0.735. The van der Waals surface area contributed by atoms with E-state index >= 15 is 0 Å². The summed E-state index contributed by atoms with van der Waals surface area (Å²) >= 11 is 0. The summed E-state index contributed by atoms with van der Waals surface area (Å²) in [7, 11) is 1.81. The van der Waals surface area contributed by atoms with Crippen LogP contribution in [0.25, 0.3) is 0 Å². The molecule has 96 valence electrons. The zero-order chi connectivity index (χ0) is 13.0. The molecular weight excluding hydrogens is 236 g/mol. The van der Waals surface area contributed by atoms with Crippen molar-refractivity contribution in [3.8, 4) is 0 Å². The topological polar surface area (TPSA) is 117 Å². The summed E-state index contributed by atoms with van der Waals surface area (Å²) in [6.07, 6.45) is 3.22. The van der Waals surface area contributed by atoms with Crippen molar-refractivity contribution in [2.24, 2.45) is 12.8 Å². The van der Waals surface area contributed by atoms with E-state index in [1.807, 2.05) is 7.05 Å². The molecule has 0 aliphatic rings. The number of nitrogens with two attached hydrogens (primary N) is 1. The van der Waals surface area contributed by atoms with Gasteiger partial charge in [-0.2, -0.15) is 0 Å². The number of nitrogens with zero attached hydrogens (tertiary/aromatic N) is 6. The van der Waals surface area contributed by atoms with E-state index in [9.17, 15) is 4.79 Å². The first-order valence-corrected chi connectivity index (χ1v) is 5.37. The van der Waals surface area contributed by atoms with E-state index in [1.165, 1.54) is 4.68 Å². The molecule has 0 radical (unpaired) electrons. The first-order chi connectivity index (χ1) is 8.69. The third kappa shape index (κ3) is 2.88. The highest BCUT2D eigenvalue weighted by Crippen LogP contribution is 1.92. The Morgan fingerprint density at radius 3 is 2.94 bits per heavy atom. The van der Waals surface area contributed by atoms with Crippen molar-refractivity contribution in [2.75, 3.05) is 0 Å². The van der Waals surface area contributed by atoms with Crippen LogP contribution in [-0.4, -0.2) is 35.7 Å². The van der Waals surface area contributed by atoms with E-state index < -0.39 is 0 Å². The standard InChI is InChI=1S/C9H14N8O/c1-16-6-12-14-8(16)3-11-9(18)5-17-4-7(2-10)13-15-17/h4,6H,2-3,5,10H2,1H3,(H,11,18). The van der Waals surface area contributed by atoms with Crippen molar-refractivity contribution in [2.45, 2.75) is 19.6 Å². The summed E-state index contributed by atoms with van der Waals surface area (Å²) in [6, 6.07) is 0. The second kappa shape index (κ2) is 5.36. The fraction of sp³-hybridized carbons (Fsp3) is 0.444. The van der Waals surface area contributed by atoms with E-state index in [4.69, 9.17) is 5.73 Å². The quantitative estimate of drug-likeness (QED) is 0.645. The molecule has 0 aliphatic heterocycles. The van der Waals surface area contributed by atoms with Crippen LogP contribution in [0.15, 0.2) is 12.5 Å². The number of carbonyl (C=O) groups excluding carboxylic acids is 1. The van der Waals surface area contributed by atoms with Crippen LogP contribution in [0, 0.1) is 0 Å². The van der Waals surface area contributed by atoms with Gasteiger partial charge in [0.2, 0.25) is 5.91 Å². The van der Waals surface area contributed by atoms with Crippen molar-refractivity contribution in [3.05, 3.63) is 24.0 Å². The fourth-order valence-corrected chi connectivity index (χ4v) is 1.36. The minimum atomic E-state index is -0.175. The summed E-state index contributed by atoms with van der Waals surface area (Å²) in [5, 5.41) is 17.9. The van der Waals surface area contributed by atoms with Crippen LogP contribution >= 0.6 is 0 Å². The molecule has 0 saturated heterocycles. The van der Waals surface area contributed by atoms with Gasteiger partial charge in [-0.1, -0.05) is 5.21 Å². The maximum absolute atomic E-state index is 11.6. The highest BCUT2D eigenvalue weighted by Gasteiger charge is 2.07. The summed E-state index contributed by atoms with van der Waals surface area (Å²) < 4.78 is 3.18. The summed E-state index contributed by atoms with van der Waals surface area (Å²) in [4.78, 5) is 11.6. The predicted octanol–water partition coefficient (Wildman–Crippen LogP) is -1.82. The zero-order valence-corrected chi connectivity index (χ0v) is 9.94. The molecule has 0 aromatic carbocycles. The Balaban J connectivity index is 1.84. The van der Waals surface area contributed by atoms with Gasteiger partial charge in [0.05, 0.1) is 18.4 Å². The molecule has 18 heavy (non-hydrogen) atoms. The van der Waals surface area contributed by atoms with Gasteiger partial charge in [-0.3, -0.25) is 4.79 Å². The molecule has 0 unspecified atom stereocenters. The molecule has 2 aromatic heterocycles. The van der Waals surface area contributed by atoms with Gasteiger partial charge in [0.1, 0.15) is 12.9 Å². The number of nitrogens with one attached hydrogen (secondary N) is 1. The SMILES string of the molecule is Cn1cnnc1CNC(=O)Cn1cc(CN)nn1. The highest BCUT2D eigenvalue weighted by molar-refractivity contribution is 5.75. The molecule has 0 spiro atoms. The van der Waals surface area contributed by atoms with E-state index in [2.05, 4.69) is 25.8 Å². The third-order valence-electron chi connectivity index (χ3n) is 2.35. The van der Waals surface area contributed by atoms with Crippen molar-refractivity contribution in [1.29, 1.82) is 0 Å². The van der Waals surface area contributed by atoms with Gasteiger partial charge in [0.25, 0.3) is 0 Å². The highest BCUT2D eigenvalue weighted by atomic mass is 16.2. The molecule has 0 aliphatic carbocycles. The van der Waals surface area contributed by atoms with E-state index in [0.717, 1.165) is 0 Å². The molecule has 9 heteroatoms. The van der Waals surface area contributed by atoms with Crippen LogP contribution < -0.4 is 11.1 Å². The first-order valence-electron chi connectivity index (χ1n) is 5.37. The number of aryl methyl sites for hydroxylation is 1. The number of aromatic nitrogens is 6. The van der Waals surface area contributed by atoms with Crippen LogP contribution in [0.5, 0.6) is 0 Å². The van der Waals surface area contributed by atoms with E-state index in [0.29, 0.717) is 24.6 Å². The molecule has 2 rings (SSSR count). The van der Waals surface area contributed by atoms with Crippen LogP contribution in [0.1, 0.15) is 11.5 Å². The van der Waals surface area contributed by atoms with Gasteiger partial charge in [0, 0.05) is 13.6 Å². The Bertz CT molecular complexity index is 530. The minimum absolute atomic E-state index is 0.102. The molecule has 0 saturated carbocycles. The van der Waals surface area contributed by atoms with Gasteiger partial charge in [-0.25, -0.2) is 4.68 Å². The molecule has 0 fully saturated rings. The average Bonchev–Trinajstić information content (AvgIpc) is 2.96. The first kappa shape index (κ1) is 12.2. The molecular formula is C9H14N8O. The Labute approximate surface area is 103 Å². The van der Waals surface area contributed by atoms with Crippen LogP contribution in [0.4, 0.5) is 0 Å². The molecule has 3 N–H and O–H groups in total. The lowest BCUT2D eigenvalue weighted by atomic mass is 10.5. The normalized spacial score (nSPS) is 10.6. The summed E-state index contributed by atoms with van der Waals surface area (Å²) in [5.74, 6) is 0.510. The third-order valence-corrected chi connectivity index (χ3v) is 2.35. The average molecular weight is 250 g/mol. The Kier molecular flexibility index (Phi) is 3.63. The monoisotopic (exact) mass is 250 g/mol. The molecule has 0 atom stereocenters. The summed E-state index contributed by atoms with van der Waals surface area (Å²) in [5.41, 5.74) is 6.05. The molecule has 1 amide bonds. The zero-order valence-electron chi connectivity index (χ0n) is 9.94. The number of amides is 1. The van der Waals surface area contributed by atoms with Gasteiger partial charge in [-0.15, -0.1) is 15.3 Å². The van der Waals surface area contributed by atoms with Crippen LogP contribution in [0.3, 0.4) is 0 Å². The Hall–Kier alpha value is -2.29. The Morgan fingerprint density at radius 1 is 1.50 bits per heavy atom. The van der Waals surface area contributed by atoms with Crippen molar-refractivity contribution >= 4 is 5.91 Å². The van der Waals surface area contributed by atoms with Crippen LogP contribution in [0.2, 0.25) is 0 Å². The maximum Gasteiger partial charge on any atom is 0.242 e. The van der Waals surface area contributed by atoms with E-state index in [1.54, 1.807) is 17.1 Å². The lowest BCUT2D eigenvalue weighted by Gasteiger charge is -2.04. The molecule has 9 nitrogen and oxygen atoms in total. The van der Waals surface area contributed by atoms with Gasteiger partial charge < -0.3 is 15.6 Å². The largest absolute Gasteiger partial charge is 0.347 e. The second-order valence-electron chi connectivity index (χ2n) is 3.75. The van der Waals surface area contributed by atoms with Crippen molar-refractivity contribution in [1.82, 2.24) is 35.1 Å². The van der Waals surface area contributed by atoms with E-state index in [-0.39, 0.29) is 12.5 Å². The van der Waals surface area contributed by atoms with Crippen LogP contribution in [-0.2, 0) is 31.5 Å². The predicted molar refractivity (Wildman–Crippen MR) is 60.8 cm³/mol. The van der Waals surface area contributed by atoms with Gasteiger partial charge in [0.15, 0.2) is 5.82 Å². The number of carbonyl (C=O) groups is 1. The number of rotatable bonds is 5. The number of hydrogen-bond acceptors (Lipinski definition) is 6. The second-order valence-corrected chi connectivity index (χ2v) is 3.75. The lowest BCUT2D eigenvalue weighted by molar-refractivity contribution is -0.122. The molecule has 2 heterocycles. The Morgan fingerprint density at radius 2 is 2.33 bits per heavy atom. The molecule has 0 bridgehead atoms. The van der Waals surface area contributed by atoms with Gasteiger partial charge in [-0.05, 0) is 0 Å². The smallest absolute Gasteiger partial charge is 0.242 e. The van der Waals surface area contributed by atoms with Gasteiger partial charge >= 0.3 is 0 Å².